The number of hydrogen-bond donors (Lipinski definition) is 1. The summed E-state index contributed by atoms with van der Waals surface area (Å²) in [6.45, 7) is 6.23. The quantitative estimate of drug-likeness (QED) is 0.100. The van der Waals surface area contributed by atoms with Gasteiger partial charge in [-0.05, 0) is 38.3 Å². The molecular formula is C34H43N3O9P+. The Morgan fingerprint density at radius 1 is 1.09 bits per heavy atom. The highest BCUT2D eigenvalue weighted by atomic mass is 31.1. The zero-order valence-corrected chi connectivity index (χ0v) is 28.0. The third kappa shape index (κ3) is 7.97. The van der Waals surface area contributed by atoms with E-state index in [1.165, 1.54) is 16.9 Å². The van der Waals surface area contributed by atoms with E-state index >= 15 is 0 Å². The number of nitro groups is 1. The monoisotopic (exact) mass is 668 g/mol. The lowest BCUT2D eigenvalue weighted by Gasteiger charge is -2.38. The smallest absolute Gasteiger partial charge is 0.344 e. The van der Waals surface area contributed by atoms with Gasteiger partial charge in [-0.1, -0.05) is 42.5 Å². The highest BCUT2D eigenvalue weighted by Crippen LogP contribution is 2.44. The topological polar surface area (TPSA) is 133 Å². The molecule has 1 N–H and O–H groups in total. The third-order valence-corrected chi connectivity index (χ3v) is 9.53. The minimum absolute atomic E-state index is 0.0659. The molecule has 12 nitrogen and oxygen atoms in total. The van der Waals surface area contributed by atoms with Crippen LogP contribution in [0.3, 0.4) is 0 Å². The van der Waals surface area contributed by atoms with Crippen LogP contribution in [0.2, 0.25) is 0 Å². The highest BCUT2D eigenvalue weighted by Gasteiger charge is 2.57. The van der Waals surface area contributed by atoms with Crippen molar-refractivity contribution in [2.24, 2.45) is 0 Å². The zero-order chi connectivity index (χ0) is 33.4. The van der Waals surface area contributed by atoms with Gasteiger partial charge in [-0.15, -0.1) is 0 Å². The molecule has 2 fully saturated rings. The van der Waals surface area contributed by atoms with E-state index in [0.29, 0.717) is 43.3 Å². The standard InChI is InChI=1S/C34H42N3O9P/c1-24-31(33(38)44-19-16-35(3)21-26-10-5-4-6-11-26)34(45-22-29-14-8-17-42-29,27-12-7-13-28(20-27)37(39)40)32(47-41)25(2)36(24)46-23-30-15-9-18-43-30/h4-7,10-13,20,29-30H,8-9,14-19,21-23H2,1-3H3/p+1. The van der Waals surface area contributed by atoms with Crippen LogP contribution in [0.1, 0.15) is 50.7 Å². The van der Waals surface area contributed by atoms with Crippen molar-refractivity contribution in [1.29, 1.82) is 0 Å². The van der Waals surface area contributed by atoms with Gasteiger partial charge in [0, 0.05) is 62.6 Å². The molecule has 252 valence electrons. The first-order chi connectivity index (χ1) is 22.7. The molecule has 0 spiro atoms. The minimum Gasteiger partial charge on any atom is -0.461 e. The molecule has 0 radical (unpaired) electrons. The Bertz CT molecular complexity index is 1520. The predicted molar refractivity (Wildman–Crippen MR) is 176 cm³/mol. The number of nitrogens with zero attached hydrogens (tertiary/aromatic N) is 3. The number of non-ortho nitro benzene ring substituents is 1. The Morgan fingerprint density at radius 2 is 1.79 bits per heavy atom. The number of hydroxylamine groups is 1. The van der Waals surface area contributed by atoms with E-state index in [4.69, 9.17) is 23.8 Å². The van der Waals surface area contributed by atoms with Gasteiger partial charge < -0.3 is 23.8 Å². The Hall–Kier alpha value is -3.51. The fraction of sp³-hybridized carbons (Fsp3) is 0.500. The lowest BCUT2D eigenvalue weighted by molar-refractivity contribution is -0.755. The summed E-state index contributed by atoms with van der Waals surface area (Å²) in [7, 11) is 1.73. The van der Waals surface area contributed by atoms with Crippen LogP contribution in [0.4, 0.5) is 5.69 Å². The molecule has 0 bridgehead atoms. The van der Waals surface area contributed by atoms with Crippen molar-refractivity contribution >= 4 is 31.1 Å². The first-order valence-electron chi connectivity index (χ1n) is 16.0. The van der Waals surface area contributed by atoms with Crippen molar-refractivity contribution < 1.29 is 43.1 Å². The summed E-state index contributed by atoms with van der Waals surface area (Å²) in [5.74, 6) is -0.686. The summed E-state index contributed by atoms with van der Waals surface area (Å²) in [6, 6.07) is 16.0. The number of rotatable bonds is 14. The Morgan fingerprint density at radius 3 is 2.43 bits per heavy atom. The van der Waals surface area contributed by atoms with Crippen LogP contribution in [-0.4, -0.2) is 95.3 Å². The van der Waals surface area contributed by atoms with Gasteiger partial charge in [-0.25, -0.2) is 4.79 Å². The molecule has 3 unspecified atom stereocenters. The lowest BCUT2D eigenvalue weighted by Crippen LogP contribution is -2.53. The molecule has 0 aromatic heterocycles. The van der Waals surface area contributed by atoms with E-state index in [1.807, 2.05) is 42.3 Å². The number of hydrogen-bond acceptors (Lipinski definition) is 10. The van der Waals surface area contributed by atoms with Gasteiger partial charge in [-0.2, -0.15) is 0 Å². The fourth-order valence-electron chi connectivity index (χ4n) is 6.32. The van der Waals surface area contributed by atoms with Crippen LogP contribution in [0.5, 0.6) is 0 Å². The second-order valence-corrected chi connectivity index (χ2v) is 12.7. The van der Waals surface area contributed by atoms with Crippen LogP contribution in [0.15, 0.2) is 65.9 Å². The number of ether oxygens (including phenoxy) is 4. The van der Waals surface area contributed by atoms with Crippen LogP contribution in [-0.2, 0) is 40.7 Å². The molecule has 5 rings (SSSR count). The summed E-state index contributed by atoms with van der Waals surface area (Å²) in [5.41, 5.74) is 0.462. The molecule has 2 aromatic rings. The minimum atomic E-state index is -1.74. The van der Waals surface area contributed by atoms with Gasteiger partial charge in [0.25, 0.3) is 5.69 Å². The Kier molecular flexibility index (Phi) is 11.9. The summed E-state index contributed by atoms with van der Waals surface area (Å²) >= 11 is 0. The number of likely N-dealkylation sites (N-methyl/N-ethyl adjacent to an activating group) is 1. The molecule has 3 aliphatic rings. The summed E-state index contributed by atoms with van der Waals surface area (Å²) in [6.07, 6.45) is 3.04. The molecule has 0 saturated carbocycles. The van der Waals surface area contributed by atoms with E-state index in [1.54, 1.807) is 26.0 Å². The van der Waals surface area contributed by atoms with Gasteiger partial charge in [0.15, 0.2) is 12.2 Å². The fourth-order valence-corrected chi connectivity index (χ4v) is 7.00. The van der Waals surface area contributed by atoms with Crippen molar-refractivity contribution in [2.75, 3.05) is 46.6 Å². The van der Waals surface area contributed by atoms with Gasteiger partial charge in [-0.3, -0.25) is 19.9 Å². The van der Waals surface area contributed by atoms with Crippen LogP contribution >= 0.6 is 8.43 Å². The molecule has 0 amide bonds. The van der Waals surface area contributed by atoms with E-state index < -0.39 is 16.5 Å². The number of esters is 1. The molecule has 2 aromatic carbocycles. The van der Waals surface area contributed by atoms with Crippen molar-refractivity contribution in [3.63, 3.8) is 0 Å². The molecular weight excluding hydrogens is 625 g/mol. The third-order valence-electron chi connectivity index (χ3n) is 8.69. The molecule has 47 heavy (non-hydrogen) atoms. The number of allylic oxidation sites excluding steroid dienone is 1. The van der Waals surface area contributed by atoms with Gasteiger partial charge >= 0.3 is 5.97 Å². The second kappa shape index (κ2) is 16.1. The largest absolute Gasteiger partial charge is 0.461 e. The summed E-state index contributed by atoms with van der Waals surface area (Å²) in [4.78, 5) is 45.1. The first-order valence-corrected chi connectivity index (χ1v) is 16.8. The lowest BCUT2D eigenvalue weighted by atomic mass is 9.78. The van der Waals surface area contributed by atoms with E-state index in [2.05, 4.69) is 0 Å². The van der Waals surface area contributed by atoms with Crippen LogP contribution in [0, 0.1) is 10.1 Å². The molecule has 2 saturated heterocycles. The zero-order valence-electron chi connectivity index (χ0n) is 27.1. The van der Waals surface area contributed by atoms with Crippen molar-refractivity contribution in [1.82, 2.24) is 4.90 Å². The average molecular weight is 669 g/mol. The normalized spacial score (nSPS) is 24.0. The van der Waals surface area contributed by atoms with Crippen LogP contribution in [0.25, 0.3) is 0 Å². The number of carbonyl (C=O) groups excluding carboxylic acids is 1. The second-order valence-electron chi connectivity index (χ2n) is 12.0. The summed E-state index contributed by atoms with van der Waals surface area (Å²) < 4.78 is 25.8. The molecule has 0 aliphatic carbocycles. The van der Waals surface area contributed by atoms with Crippen molar-refractivity contribution in [2.45, 2.75) is 63.9 Å². The average Bonchev–Trinajstić information content (AvgIpc) is 3.79. The maximum absolute atomic E-state index is 14.4. The van der Waals surface area contributed by atoms with E-state index in [9.17, 15) is 19.8 Å². The van der Waals surface area contributed by atoms with E-state index in [-0.39, 0.29) is 57.0 Å². The molecule has 13 heteroatoms. The van der Waals surface area contributed by atoms with Gasteiger partial charge in [0.1, 0.15) is 17.5 Å². The SMILES string of the molecule is CC1=C(C(=O)OCCN(C)Cc2ccccc2)C(OCC2CCCO2)(c2cccc([N+](=O)[O-])c2)C(=PO)C(C)=[N+]1OCC1CCCO1. The highest BCUT2D eigenvalue weighted by molar-refractivity contribution is 7.38. The Labute approximate surface area is 276 Å². The van der Waals surface area contributed by atoms with Gasteiger partial charge in [0.2, 0.25) is 11.4 Å². The number of nitro benzene ring substituents is 1. The maximum atomic E-state index is 14.4. The Balaban J connectivity index is 1.54. The van der Waals surface area contributed by atoms with Crippen molar-refractivity contribution in [3.05, 3.63) is 87.1 Å². The molecule has 3 atom stereocenters. The number of benzene rings is 2. The van der Waals surface area contributed by atoms with Gasteiger partial charge in [0.05, 0.1) is 32.2 Å². The predicted octanol–water partition coefficient (Wildman–Crippen LogP) is 4.56. The van der Waals surface area contributed by atoms with E-state index in [0.717, 1.165) is 31.2 Å². The van der Waals surface area contributed by atoms with Crippen molar-refractivity contribution in [3.8, 4) is 0 Å². The summed E-state index contributed by atoms with van der Waals surface area (Å²) in [5, 5.41) is 12.2. The number of carbonyl (C=O) groups is 1. The maximum Gasteiger partial charge on any atom is 0.344 e. The van der Waals surface area contributed by atoms with Crippen LogP contribution < -0.4 is 0 Å². The molecule has 3 heterocycles. The molecule has 3 aliphatic heterocycles. The first kappa shape index (κ1) is 34.8.